The number of hydrogen-bond donors (Lipinski definition) is 1. The molecule has 0 saturated carbocycles. The molecule has 1 aromatic carbocycles. The largest absolute Gasteiger partial charge is 0.573 e. The topological polar surface area (TPSA) is 38.3 Å². The maximum Gasteiger partial charge on any atom is 0.573 e. The van der Waals surface area contributed by atoms with Gasteiger partial charge in [0.25, 0.3) is 0 Å². The van der Waals surface area contributed by atoms with Crippen LogP contribution < -0.4 is 10.1 Å². The number of thioether (sulfide) groups is 1. The van der Waals surface area contributed by atoms with Crippen LogP contribution in [-0.2, 0) is 4.79 Å². The van der Waals surface area contributed by atoms with Crippen molar-refractivity contribution in [2.24, 2.45) is 0 Å². The maximum atomic E-state index is 12.7. The summed E-state index contributed by atoms with van der Waals surface area (Å²) in [7, 11) is 0. The Kier molecular flexibility index (Phi) is 4.29. The van der Waals surface area contributed by atoms with Gasteiger partial charge in [-0.1, -0.05) is 12.1 Å². The predicted octanol–water partition coefficient (Wildman–Crippen LogP) is 4.94. The zero-order chi connectivity index (χ0) is 18.5. The first kappa shape index (κ1) is 17.5. The highest BCUT2D eigenvalue weighted by atomic mass is 32.2. The van der Waals surface area contributed by atoms with Crippen LogP contribution in [0.5, 0.6) is 5.75 Å². The molecule has 0 bridgehead atoms. The Hall–Kier alpha value is -1.89. The highest BCUT2D eigenvalue weighted by molar-refractivity contribution is 8.03. The fourth-order valence-corrected chi connectivity index (χ4v) is 5.12. The number of rotatable bonds is 2. The van der Waals surface area contributed by atoms with Crippen LogP contribution in [-0.4, -0.2) is 17.9 Å². The summed E-state index contributed by atoms with van der Waals surface area (Å²) in [5, 5.41) is 3.42. The minimum absolute atomic E-state index is 0.0849. The van der Waals surface area contributed by atoms with Gasteiger partial charge >= 0.3 is 6.36 Å². The van der Waals surface area contributed by atoms with Gasteiger partial charge < -0.3 is 10.1 Å². The third-order valence-corrected chi connectivity index (χ3v) is 6.19. The molecule has 2 heterocycles. The molecule has 26 heavy (non-hydrogen) atoms. The van der Waals surface area contributed by atoms with Gasteiger partial charge in [-0.25, -0.2) is 0 Å². The van der Waals surface area contributed by atoms with Crippen molar-refractivity contribution in [1.29, 1.82) is 0 Å². The van der Waals surface area contributed by atoms with Crippen LogP contribution in [0, 0.1) is 6.92 Å². The van der Waals surface area contributed by atoms with Crippen molar-refractivity contribution in [2.75, 3.05) is 5.75 Å². The highest BCUT2D eigenvalue weighted by Gasteiger charge is 2.39. The van der Waals surface area contributed by atoms with E-state index >= 15 is 0 Å². The van der Waals surface area contributed by atoms with Gasteiger partial charge in [0.05, 0.1) is 0 Å². The lowest BCUT2D eigenvalue weighted by Gasteiger charge is -2.33. The Balaban J connectivity index is 1.81. The standard InChI is InChI=1S/C19H18F3NO2S/c1-10-5-6-11(9-15(10)25-19(20,21)22)16-17-12(3-2-4-14(17)24)23-13-7-8-26-18(13)16/h5-6,9,16,23H,2-4,7-8H2,1H3. The zero-order valence-corrected chi connectivity index (χ0v) is 15.0. The zero-order valence-electron chi connectivity index (χ0n) is 14.2. The lowest BCUT2D eigenvalue weighted by molar-refractivity contribution is -0.274. The number of benzene rings is 1. The molecule has 3 nitrogen and oxygen atoms in total. The normalized spacial score (nSPS) is 22.9. The van der Waals surface area contributed by atoms with Gasteiger partial charge in [0.15, 0.2) is 5.78 Å². The van der Waals surface area contributed by atoms with E-state index in [9.17, 15) is 18.0 Å². The molecule has 0 aromatic heterocycles. The van der Waals surface area contributed by atoms with Gasteiger partial charge in [-0.05, 0) is 43.4 Å². The van der Waals surface area contributed by atoms with Crippen LogP contribution in [0.25, 0.3) is 0 Å². The number of hydrogen-bond acceptors (Lipinski definition) is 4. The van der Waals surface area contributed by atoms with Crippen molar-refractivity contribution in [1.82, 2.24) is 5.32 Å². The first-order valence-corrected chi connectivity index (χ1v) is 9.57. The molecule has 4 rings (SSSR count). The quantitative estimate of drug-likeness (QED) is 0.788. The van der Waals surface area contributed by atoms with E-state index in [0.29, 0.717) is 23.1 Å². The lowest BCUT2D eigenvalue weighted by atomic mass is 9.79. The van der Waals surface area contributed by atoms with Crippen molar-refractivity contribution < 1.29 is 22.7 Å². The van der Waals surface area contributed by atoms with Crippen LogP contribution in [0.2, 0.25) is 0 Å². The molecule has 0 spiro atoms. The lowest BCUT2D eigenvalue weighted by Crippen LogP contribution is -2.30. The van der Waals surface area contributed by atoms with E-state index < -0.39 is 6.36 Å². The molecule has 1 atom stereocenters. The van der Waals surface area contributed by atoms with Crippen molar-refractivity contribution in [3.8, 4) is 5.75 Å². The summed E-state index contributed by atoms with van der Waals surface area (Å²) in [4.78, 5) is 13.7. The molecule has 1 unspecified atom stereocenters. The molecule has 1 aliphatic carbocycles. The second-order valence-corrected chi connectivity index (χ2v) is 7.88. The Morgan fingerprint density at radius 2 is 2.00 bits per heavy atom. The summed E-state index contributed by atoms with van der Waals surface area (Å²) in [6.07, 6.45) is -1.75. The van der Waals surface area contributed by atoms with Crippen molar-refractivity contribution in [3.63, 3.8) is 0 Å². The van der Waals surface area contributed by atoms with Crippen molar-refractivity contribution in [3.05, 3.63) is 51.2 Å². The predicted molar refractivity (Wildman–Crippen MR) is 93.7 cm³/mol. The monoisotopic (exact) mass is 381 g/mol. The van der Waals surface area contributed by atoms with Gasteiger partial charge in [-0.3, -0.25) is 4.79 Å². The average Bonchev–Trinajstić information content (AvgIpc) is 3.02. The minimum Gasteiger partial charge on any atom is -0.406 e. The summed E-state index contributed by atoms with van der Waals surface area (Å²) in [6.45, 7) is 1.58. The van der Waals surface area contributed by atoms with Crippen LogP contribution in [0.1, 0.15) is 42.7 Å². The third kappa shape index (κ3) is 3.13. The molecule has 7 heteroatoms. The van der Waals surface area contributed by atoms with Gasteiger partial charge in [-0.2, -0.15) is 0 Å². The first-order chi connectivity index (χ1) is 12.3. The Morgan fingerprint density at radius 1 is 1.19 bits per heavy atom. The van der Waals surface area contributed by atoms with Gasteiger partial charge in [-0.15, -0.1) is 24.9 Å². The van der Waals surface area contributed by atoms with Crippen LogP contribution in [0.15, 0.2) is 40.1 Å². The number of ether oxygens (including phenoxy) is 1. The summed E-state index contributed by atoms with van der Waals surface area (Å²) in [6, 6.07) is 4.88. The SMILES string of the molecule is Cc1ccc(C2C3=C(CCS3)NC3=C2C(=O)CCC3)cc1OC(F)(F)F. The highest BCUT2D eigenvalue weighted by Crippen LogP contribution is 2.50. The van der Waals surface area contributed by atoms with Gasteiger partial charge in [0.1, 0.15) is 5.75 Å². The van der Waals surface area contributed by atoms with Crippen LogP contribution >= 0.6 is 11.8 Å². The fourth-order valence-electron chi connectivity index (χ4n) is 3.85. The number of Topliss-reactive ketones (excluding diaryl/α,β-unsaturated/α-hetero) is 1. The van der Waals surface area contributed by atoms with E-state index in [2.05, 4.69) is 10.1 Å². The second-order valence-electron chi connectivity index (χ2n) is 6.74. The molecule has 0 saturated heterocycles. The van der Waals surface area contributed by atoms with E-state index in [1.165, 1.54) is 6.07 Å². The third-order valence-electron chi connectivity index (χ3n) is 4.99. The number of allylic oxidation sites excluding steroid dienone is 4. The Labute approximate surface area is 153 Å². The Bertz CT molecular complexity index is 842. The molecule has 0 fully saturated rings. The number of halogens is 3. The number of carbonyl (C=O) groups excluding carboxylic acids is 1. The fraction of sp³-hybridized carbons (Fsp3) is 0.421. The molecular formula is C19H18F3NO2S. The number of ketones is 1. The molecule has 1 aromatic rings. The average molecular weight is 381 g/mol. The van der Waals surface area contributed by atoms with E-state index in [1.807, 2.05) is 6.07 Å². The van der Waals surface area contributed by atoms with E-state index in [-0.39, 0.29) is 17.5 Å². The van der Waals surface area contributed by atoms with Crippen LogP contribution in [0.3, 0.4) is 0 Å². The van der Waals surface area contributed by atoms with Gasteiger partial charge in [0.2, 0.25) is 0 Å². The first-order valence-electron chi connectivity index (χ1n) is 8.59. The maximum absolute atomic E-state index is 12.7. The molecule has 2 aliphatic heterocycles. The number of aryl methyl sites for hydroxylation is 1. The summed E-state index contributed by atoms with van der Waals surface area (Å²) in [5.41, 5.74) is 3.85. The summed E-state index contributed by atoms with van der Waals surface area (Å²) >= 11 is 1.68. The summed E-state index contributed by atoms with van der Waals surface area (Å²) in [5.74, 6) is 0.504. The molecular weight excluding hydrogens is 363 g/mol. The van der Waals surface area contributed by atoms with E-state index in [0.717, 1.165) is 41.3 Å². The molecule has 3 aliphatic rings. The van der Waals surface area contributed by atoms with Gasteiger partial charge in [0, 0.05) is 40.0 Å². The molecule has 0 amide bonds. The number of carbonyl (C=O) groups is 1. The van der Waals surface area contributed by atoms with E-state index in [1.54, 1.807) is 24.8 Å². The molecule has 138 valence electrons. The van der Waals surface area contributed by atoms with Crippen molar-refractivity contribution in [2.45, 2.75) is 44.9 Å². The van der Waals surface area contributed by atoms with E-state index in [4.69, 9.17) is 0 Å². The van der Waals surface area contributed by atoms with Crippen LogP contribution in [0.4, 0.5) is 13.2 Å². The smallest absolute Gasteiger partial charge is 0.406 e. The minimum atomic E-state index is -4.74. The van der Waals surface area contributed by atoms with Crippen molar-refractivity contribution >= 4 is 17.5 Å². The molecule has 1 N–H and O–H groups in total. The number of alkyl halides is 3. The Morgan fingerprint density at radius 3 is 2.77 bits per heavy atom. The molecule has 0 radical (unpaired) electrons. The number of dihydropyridines is 1. The number of nitrogens with one attached hydrogen (secondary N) is 1. The summed E-state index contributed by atoms with van der Waals surface area (Å²) < 4.78 is 42.4. The second kappa shape index (κ2) is 6.37.